The standard InChI is InChI=1S/C60H104NO7P/c1-6-8-10-12-14-16-18-20-22-24-26-28-30-31-32-33-35-37-39-41-43-45-47-49-51-53-60(62)68-59(58-67-69(63,64)66-56-54-61(3,4)5)57-65-55-52-50-48-46-44-42-40-38-36-34-29-27-25-23-21-19-17-15-13-11-9-7-2/h8-11,14-17,20-23,26-29,36,38,59H,6-7,12-13,18-19,24-25,30-35,37,39-58H2,1-5H3/p+1/b10-8-,11-9-,16-14-,17-15-,22-20-,23-21-,28-26-,29-27-,38-36-. The Morgan fingerprint density at radius 3 is 1.19 bits per heavy atom. The van der Waals surface area contributed by atoms with E-state index in [2.05, 4.69) is 123 Å². The third kappa shape index (κ3) is 56.0. The predicted molar refractivity (Wildman–Crippen MR) is 297 cm³/mol. The van der Waals surface area contributed by atoms with E-state index in [0.717, 1.165) is 103 Å². The number of phosphoric ester groups is 1. The van der Waals surface area contributed by atoms with E-state index >= 15 is 0 Å². The molecule has 0 aliphatic carbocycles. The molecule has 0 aliphatic rings. The Kier molecular flexibility index (Phi) is 49.4. The molecule has 0 spiro atoms. The normalized spacial score (nSPS) is 14.3. The van der Waals surface area contributed by atoms with Crippen molar-refractivity contribution in [3.05, 3.63) is 109 Å². The van der Waals surface area contributed by atoms with E-state index in [1.165, 1.54) is 83.5 Å². The Bertz CT molecular complexity index is 1470. The van der Waals surface area contributed by atoms with Crippen LogP contribution in [0.15, 0.2) is 109 Å². The van der Waals surface area contributed by atoms with E-state index < -0.39 is 13.9 Å². The first-order chi connectivity index (χ1) is 33.6. The molecule has 0 aliphatic heterocycles. The largest absolute Gasteiger partial charge is 0.472 e. The second kappa shape index (κ2) is 51.5. The maximum atomic E-state index is 12.8. The summed E-state index contributed by atoms with van der Waals surface area (Å²) in [7, 11) is 1.64. The molecule has 0 aromatic heterocycles. The fraction of sp³-hybridized carbons (Fsp3) is 0.683. The predicted octanol–water partition coefficient (Wildman–Crippen LogP) is 17.5. The maximum absolute atomic E-state index is 12.8. The van der Waals surface area contributed by atoms with E-state index in [1.54, 1.807) is 0 Å². The number of allylic oxidation sites excluding steroid dienone is 18. The van der Waals surface area contributed by atoms with Crippen LogP contribution < -0.4 is 0 Å². The molecule has 69 heavy (non-hydrogen) atoms. The van der Waals surface area contributed by atoms with Gasteiger partial charge in [-0.05, 0) is 96.3 Å². The summed E-state index contributed by atoms with van der Waals surface area (Å²) in [6.45, 7) is 5.35. The molecule has 9 heteroatoms. The lowest BCUT2D eigenvalue weighted by Crippen LogP contribution is -2.37. The summed E-state index contributed by atoms with van der Waals surface area (Å²) >= 11 is 0. The first-order valence-electron chi connectivity index (χ1n) is 27.6. The highest BCUT2D eigenvalue weighted by molar-refractivity contribution is 7.47. The highest BCUT2D eigenvalue weighted by atomic mass is 31.2. The van der Waals surface area contributed by atoms with Crippen LogP contribution in [0, 0.1) is 0 Å². The van der Waals surface area contributed by atoms with Gasteiger partial charge in [0.1, 0.15) is 19.3 Å². The molecular formula is C60H105NO7P+. The number of ether oxygens (including phenoxy) is 2. The van der Waals surface area contributed by atoms with Gasteiger partial charge < -0.3 is 18.9 Å². The number of hydrogen-bond acceptors (Lipinski definition) is 6. The molecule has 396 valence electrons. The summed E-state index contributed by atoms with van der Waals surface area (Å²) in [6.07, 6.45) is 72.8. The number of quaternary nitrogens is 1. The fourth-order valence-corrected chi connectivity index (χ4v) is 7.90. The number of nitrogens with zero attached hydrogens (tertiary/aromatic N) is 1. The van der Waals surface area contributed by atoms with Gasteiger partial charge in [0.2, 0.25) is 0 Å². The minimum absolute atomic E-state index is 0.0792. The first-order valence-corrected chi connectivity index (χ1v) is 29.1. The Hall–Kier alpha value is -2.84. The molecule has 8 nitrogen and oxygen atoms in total. The van der Waals surface area contributed by atoms with Crippen LogP contribution in [0.4, 0.5) is 0 Å². The average Bonchev–Trinajstić information content (AvgIpc) is 3.31. The lowest BCUT2D eigenvalue weighted by molar-refractivity contribution is -0.870. The fourth-order valence-electron chi connectivity index (χ4n) is 7.16. The number of carbonyl (C=O) groups excluding carboxylic acids is 1. The van der Waals surface area contributed by atoms with Crippen LogP contribution in [0.5, 0.6) is 0 Å². The average molecular weight is 983 g/mol. The van der Waals surface area contributed by atoms with Gasteiger partial charge in [-0.25, -0.2) is 4.57 Å². The van der Waals surface area contributed by atoms with Gasteiger partial charge in [-0.1, -0.05) is 213 Å². The number of esters is 1. The lowest BCUT2D eigenvalue weighted by Gasteiger charge is -2.24. The molecule has 0 aromatic carbocycles. The van der Waals surface area contributed by atoms with Gasteiger partial charge in [0, 0.05) is 13.0 Å². The van der Waals surface area contributed by atoms with E-state index in [9.17, 15) is 14.3 Å². The molecule has 0 radical (unpaired) electrons. The topological polar surface area (TPSA) is 91.3 Å². The number of likely N-dealkylation sites (N-methyl/N-ethyl adjacent to an activating group) is 1. The monoisotopic (exact) mass is 983 g/mol. The van der Waals surface area contributed by atoms with Crippen molar-refractivity contribution in [2.75, 3.05) is 54.1 Å². The number of rotatable bonds is 50. The quantitative estimate of drug-likeness (QED) is 0.0213. The summed E-state index contributed by atoms with van der Waals surface area (Å²) < 4.78 is 35.2. The van der Waals surface area contributed by atoms with Crippen LogP contribution in [0.1, 0.15) is 206 Å². The second-order valence-electron chi connectivity index (χ2n) is 19.2. The highest BCUT2D eigenvalue weighted by Gasteiger charge is 2.26. The zero-order chi connectivity index (χ0) is 50.5. The highest BCUT2D eigenvalue weighted by Crippen LogP contribution is 2.43. The smallest absolute Gasteiger partial charge is 0.457 e. The number of carbonyl (C=O) groups is 1. The second-order valence-corrected chi connectivity index (χ2v) is 20.7. The summed E-state index contributed by atoms with van der Waals surface area (Å²) in [5.41, 5.74) is 0. The zero-order valence-corrected chi connectivity index (χ0v) is 45.9. The van der Waals surface area contributed by atoms with E-state index in [1.807, 2.05) is 21.1 Å². The Labute approximate surface area is 425 Å². The maximum Gasteiger partial charge on any atom is 0.472 e. The molecule has 0 fully saturated rings. The van der Waals surface area contributed by atoms with Crippen LogP contribution in [-0.2, 0) is 27.9 Å². The van der Waals surface area contributed by atoms with Crippen LogP contribution in [-0.4, -0.2) is 75.6 Å². The SMILES string of the molecule is CC/C=C\C/C=C\C/C=C\C/C=C\C/C=C\CCCCCCCCOCC(COP(=O)(O)OCC[N+](C)(C)C)OC(=O)CCCCCCCCCCCCCC/C=C\C/C=C\C/C=C\C/C=C\CC. The number of unbranched alkanes of at least 4 members (excludes halogenated alkanes) is 18. The van der Waals surface area contributed by atoms with Crippen LogP contribution >= 0.6 is 7.82 Å². The Morgan fingerprint density at radius 1 is 0.449 bits per heavy atom. The van der Waals surface area contributed by atoms with Crippen molar-refractivity contribution < 1.29 is 37.3 Å². The molecule has 1 N–H and O–H groups in total. The molecule has 0 saturated carbocycles. The first kappa shape index (κ1) is 66.2. The van der Waals surface area contributed by atoms with E-state index in [-0.39, 0.29) is 25.8 Å². The molecule has 0 saturated heterocycles. The lowest BCUT2D eigenvalue weighted by atomic mass is 10.0. The number of phosphoric acid groups is 1. The van der Waals surface area contributed by atoms with Crippen molar-refractivity contribution in [1.82, 2.24) is 0 Å². The molecule has 2 atom stereocenters. The van der Waals surface area contributed by atoms with Gasteiger partial charge in [-0.15, -0.1) is 0 Å². The van der Waals surface area contributed by atoms with E-state index in [0.29, 0.717) is 24.1 Å². The van der Waals surface area contributed by atoms with Gasteiger partial charge in [-0.3, -0.25) is 13.8 Å². The summed E-state index contributed by atoms with van der Waals surface area (Å²) in [4.78, 5) is 23.1. The minimum Gasteiger partial charge on any atom is -0.457 e. The van der Waals surface area contributed by atoms with Crippen LogP contribution in [0.2, 0.25) is 0 Å². The molecule has 0 aromatic rings. The van der Waals surface area contributed by atoms with Crippen molar-refractivity contribution in [3.63, 3.8) is 0 Å². The molecule has 0 heterocycles. The van der Waals surface area contributed by atoms with Gasteiger partial charge in [0.25, 0.3) is 0 Å². The molecule has 2 unspecified atom stereocenters. The van der Waals surface area contributed by atoms with Crippen LogP contribution in [0.3, 0.4) is 0 Å². The van der Waals surface area contributed by atoms with Gasteiger partial charge in [0.05, 0.1) is 34.4 Å². The number of hydrogen-bond donors (Lipinski definition) is 1. The van der Waals surface area contributed by atoms with Crippen molar-refractivity contribution in [2.45, 2.75) is 213 Å². The molecular weight excluding hydrogens is 878 g/mol. The molecule has 0 amide bonds. The van der Waals surface area contributed by atoms with Crippen molar-refractivity contribution in [2.24, 2.45) is 0 Å². The summed E-state index contributed by atoms with van der Waals surface area (Å²) in [5.74, 6) is -0.325. The van der Waals surface area contributed by atoms with Crippen molar-refractivity contribution in [3.8, 4) is 0 Å². The minimum atomic E-state index is -4.30. The Morgan fingerprint density at radius 2 is 0.797 bits per heavy atom. The van der Waals surface area contributed by atoms with Crippen molar-refractivity contribution >= 4 is 13.8 Å². The molecule has 0 rings (SSSR count). The van der Waals surface area contributed by atoms with Gasteiger partial charge in [0.15, 0.2) is 0 Å². The zero-order valence-electron chi connectivity index (χ0n) is 45.0. The third-order valence-electron chi connectivity index (χ3n) is 11.3. The van der Waals surface area contributed by atoms with Gasteiger partial charge >= 0.3 is 13.8 Å². The summed E-state index contributed by atoms with van der Waals surface area (Å²) in [5, 5.41) is 0. The third-order valence-corrected chi connectivity index (χ3v) is 12.3. The van der Waals surface area contributed by atoms with E-state index in [4.69, 9.17) is 18.5 Å². The van der Waals surface area contributed by atoms with Crippen LogP contribution in [0.25, 0.3) is 0 Å². The Balaban J connectivity index is 4.16. The molecule has 0 bridgehead atoms. The summed E-state index contributed by atoms with van der Waals surface area (Å²) in [6, 6.07) is 0. The van der Waals surface area contributed by atoms with Gasteiger partial charge in [-0.2, -0.15) is 0 Å². The van der Waals surface area contributed by atoms with Crippen molar-refractivity contribution in [1.29, 1.82) is 0 Å².